The number of likely N-dealkylation sites (tertiary alicyclic amines) is 1. The van der Waals surface area contributed by atoms with Gasteiger partial charge in [0.15, 0.2) is 0 Å². The normalized spacial score (nSPS) is 18.6. The second-order valence-electron chi connectivity index (χ2n) is 7.99. The van der Waals surface area contributed by atoms with Crippen molar-refractivity contribution in [1.29, 1.82) is 0 Å². The van der Waals surface area contributed by atoms with E-state index in [1.165, 1.54) is 0 Å². The Balaban J connectivity index is 1.72. The fourth-order valence-corrected chi connectivity index (χ4v) is 4.59. The highest BCUT2D eigenvalue weighted by Crippen LogP contribution is 2.36. The maximum absolute atomic E-state index is 13.9. The number of benzene rings is 2. The Kier molecular flexibility index (Phi) is 6.12. The number of rotatable bonds is 5. The Labute approximate surface area is 183 Å². The van der Waals surface area contributed by atoms with E-state index in [-0.39, 0.29) is 11.8 Å². The number of nitrogens with one attached hydrogen (secondary N) is 1. The van der Waals surface area contributed by atoms with Gasteiger partial charge in [0.2, 0.25) is 11.8 Å². The molecule has 5 heteroatoms. The van der Waals surface area contributed by atoms with E-state index in [1.807, 2.05) is 83.8 Å². The molecule has 2 aromatic carbocycles. The van der Waals surface area contributed by atoms with Crippen molar-refractivity contribution in [1.82, 2.24) is 15.2 Å². The molecule has 1 N–H and O–H groups in total. The summed E-state index contributed by atoms with van der Waals surface area (Å²) >= 11 is 0. The van der Waals surface area contributed by atoms with Gasteiger partial charge in [-0.05, 0) is 36.1 Å². The lowest BCUT2D eigenvalue weighted by atomic mass is 9.75. The van der Waals surface area contributed by atoms with Crippen LogP contribution in [0.1, 0.15) is 35.6 Å². The van der Waals surface area contributed by atoms with Gasteiger partial charge in [-0.3, -0.25) is 14.6 Å². The summed E-state index contributed by atoms with van der Waals surface area (Å²) in [6, 6.07) is 25.3. The van der Waals surface area contributed by atoms with Crippen molar-refractivity contribution in [3.8, 4) is 0 Å². The Hall–Kier alpha value is -3.47. The summed E-state index contributed by atoms with van der Waals surface area (Å²) in [7, 11) is 1.64. The number of carbonyl (C=O) groups excluding carboxylic acids is 2. The summed E-state index contributed by atoms with van der Waals surface area (Å²) in [5.74, 6) is -0.493. The summed E-state index contributed by atoms with van der Waals surface area (Å²) in [5.41, 5.74) is 1.77. The average molecular weight is 414 g/mol. The van der Waals surface area contributed by atoms with Crippen LogP contribution in [0.3, 0.4) is 0 Å². The third-order valence-electron chi connectivity index (χ3n) is 6.13. The molecule has 0 unspecified atom stereocenters. The smallest absolute Gasteiger partial charge is 0.234 e. The molecule has 1 aliphatic rings. The summed E-state index contributed by atoms with van der Waals surface area (Å²) in [5, 5.41) is 2.81. The highest BCUT2D eigenvalue weighted by molar-refractivity contribution is 5.91. The van der Waals surface area contributed by atoms with E-state index in [1.54, 1.807) is 13.2 Å². The van der Waals surface area contributed by atoms with Gasteiger partial charge in [-0.15, -0.1) is 0 Å². The van der Waals surface area contributed by atoms with E-state index in [0.717, 1.165) is 17.5 Å². The Morgan fingerprint density at radius 3 is 2.10 bits per heavy atom. The largest absolute Gasteiger partial charge is 0.358 e. The number of carbonyl (C=O) groups is 2. The van der Waals surface area contributed by atoms with Gasteiger partial charge in [0.05, 0.1) is 11.6 Å². The van der Waals surface area contributed by atoms with Crippen molar-refractivity contribution in [3.05, 3.63) is 102 Å². The number of piperidine rings is 1. The molecule has 1 aliphatic heterocycles. The molecule has 4 rings (SSSR count). The van der Waals surface area contributed by atoms with E-state index in [4.69, 9.17) is 0 Å². The first kappa shape index (κ1) is 20.8. The van der Waals surface area contributed by atoms with E-state index >= 15 is 0 Å². The van der Waals surface area contributed by atoms with Crippen LogP contribution in [0.25, 0.3) is 0 Å². The highest BCUT2D eigenvalue weighted by atomic mass is 16.2. The Bertz CT molecular complexity index is 985. The lowest BCUT2D eigenvalue weighted by Gasteiger charge is -2.42. The van der Waals surface area contributed by atoms with Crippen LogP contribution in [0, 0.1) is 0 Å². The van der Waals surface area contributed by atoms with E-state index in [0.29, 0.717) is 25.2 Å². The van der Waals surface area contributed by atoms with Crippen LogP contribution in [-0.4, -0.2) is 41.8 Å². The van der Waals surface area contributed by atoms with Gasteiger partial charge in [-0.1, -0.05) is 66.7 Å². The second-order valence-corrected chi connectivity index (χ2v) is 7.99. The standard InChI is InChI=1S/C26H27N3O2/c1-27-25(31)26(22-15-8-9-17-28-22)16-10-18-29(19-26)24(30)23(20-11-4-2-5-12-20)21-13-6-3-7-14-21/h2-9,11-15,17,23H,10,16,18-19H2,1H3,(H,27,31)/t26-/m0/s1. The van der Waals surface area contributed by atoms with Gasteiger partial charge < -0.3 is 10.2 Å². The van der Waals surface area contributed by atoms with Crippen LogP contribution in [0.2, 0.25) is 0 Å². The number of aromatic nitrogens is 1. The molecule has 31 heavy (non-hydrogen) atoms. The third-order valence-corrected chi connectivity index (χ3v) is 6.13. The number of hydrogen-bond acceptors (Lipinski definition) is 3. The van der Waals surface area contributed by atoms with Crippen LogP contribution in [0.5, 0.6) is 0 Å². The van der Waals surface area contributed by atoms with Gasteiger partial charge in [0, 0.05) is 26.3 Å². The Morgan fingerprint density at radius 2 is 1.55 bits per heavy atom. The van der Waals surface area contributed by atoms with Crippen LogP contribution in [0.4, 0.5) is 0 Å². The fraction of sp³-hybridized carbons (Fsp3) is 0.269. The second kappa shape index (κ2) is 9.13. The minimum absolute atomic E-state index is 0.0151. The first-order valence-electron chi connectivity index (χ1n) is 10.7. The maximum atomic E-state index is 13.9. The van der Waals surface area contributed by atoms with Gasteiger partial charge in [0.25, 0.3) is 0 Å². The van der Waals surface area contributed by atoms with Crippen molar-refractivity contribution >= 4 is 11.8 Å². The topological polar surface area (TPSA) is 62.3 Å². The monoisotopic (exact) mass is 413 g/mol. The Morgan fingerprint density at radius 1 is 0.935 bits per heavy atom. The molecule has 1 saturated heterocycles. The van der Waals surface area contributed by atoms with Gasteiger partial charge in [0.1, 0.15) is 5.41 Å². The molecule has 1 aromatic heterocycles. The lowest BCUT2D eigenvalue weighted by Crippen LogP contribution is -2.56. The first-order valence-corrected chi connectivity index (χ1v) is 10.7. The predicted octanol–water partition coefficient (Wildman–Crippen LogP) is 3.52. The molecule has 2 heterocycles. The van der Waals surface area contributed by atoms with Crippen molar-refractivity contribution in [2.24, 2.45) is 0 Å². The molecule has 5 nitrogen and oxygen atoms in total. The number of pyridine rings is 1. The zero-order chi connectivity index (χ0) is 21.7. The summed E-state index contributed by atoms with van der Waals surface area (Å²) in [6.07, 6.45) is 3.11. The highest BCUT2D eigenvalue weighted by Gasteiger charge is 2.46. The number of amides is 2. The van der Waals surface area contributed by atoms with Crippen LogP contribution < -0.4 is 5.32 Å². The van der Waals surface area contributed by atoms with Crippen LogP contribution in [-0.2, 0) is 15.0 Å². The SMILES string of the molecule is CNC(=O)[C@@]1(c2ccccn2)CCCN(C(=O)C(c2ccccc2)c2ccccc2)C1. The molecule has 0 aliphatic carbocycles. The molecule has 0 bridgehead atoms. The van der Waals surface area contributed by atoms with E-state index < -0.39 is 11.3 Å². The molecule has 0 saturated carbocycles. The van der Waals surface area contributed by atoms with Crippen LogP contribution >= 0.6 is 0 Å². The molecular formula is C26H27N3O2. The molecule has 0 spiro atoms. The third kappa shape index (κ3) is 4.08. The minimum Gasteiger partial charge on any atom is -0.358 e. The van der Waals surface area contributed by atoms with Gasteiger partial charge >= 0.3 is 0 Å². The first-order chi connectivity index (χ1) is 15.2. The van der Waals surface area contributed by atoms with Crippen LogP contribution in [0.15, 0.2) is 85.1 Å². The number of hydrogen-bond donors (Lipinski definition) is 1. The van der Waals surface area contributed by atoms with Crippen molar-refractivity contribution in [2.75, 3.05) is 20.1 Å². The zero-order valence-electron chi connectivity index (χ0n) is 17.7. The molecule has 2 amide bonds. The maximum Gasteiger partial charge on any atom is 0.234 e. The predicted molar refractivity (Wildman–Crippen MR) is 121 cm³/mol. The lowest BCUT2D eigenvalue weighted by molar-refractivity contribution is -0.137. The quantitative estimate of drug-likeness (QED) is 0.696. The van der Waals surface area contributed by atoms with Crippen molar-refractivity contribution < 1.29 is 9.59 Å². The molecule has 1 atom stereocenters. The van der Waals surface area contributed by atoms with E-state index in [2.05, 4.69) is 10.3 Å². The number of likely N-dealkylation sites (N-methyl/N-ethyl adjacent to an activating group) is 1. The number of nitrogens with zero attached hydrogens (tertiary/aromatic N) is 2. The minimum atomic E-state index is -0.845. The fourth-order valence-electron chi connectivity index (χ4n) is 4.59. The molecule has 1 fully saturated rings. The zero-order valence-corrected chi connectivity index (χ0v) is 17.7. The molecule has 3 aromatic rings. The van der Waals surface area contributed by atoms with Crippen molar-refractivity contribution in [3.63, 3.8) is 0 Å². The molecular weight excluding hydrogens is 386 g/mol. The van der Waals surface area contributed by atoms with Gasteiger partial charge in [-0.25, -0.2) is 0 Å². The summed E-state index contributed by atoms with van der Waals surface area (Å²) < 4.78 is 0. The molecule has 158 valence electrons. The van der Waals surface area contributed by atoms with E-state index in [9.17, 15) is 9.59 Å². The summed E-state index contributed by atoms with van der Waals surface area (Å²) in [4.78, 5) is 33.3. The van der Waals surface area contributed by atoms with Crippen molar-refractivity contribution in [2.45, 2.75) is 24.2 Å². The summed E-state index contributed by atoms with van der Waals surface area (Å²) in [6.45, 7) is 0.944. The average Bonchev–Trinajstić information content (AvgIpc) is 2.85. The van der Waals surface area contributed by atoms with Gasteiger partial charge in [-0.2, -0.15) is 0 Å². The molecule has 0 radical (unpaired) electrons.